The first-order chi connectivity index (χ1) is 5.45. The van der Waals surface area contributed by atoms with E-state index >= 15 is 0 Å². The van der Waals surface area contributed by atoms with Crippen molar-refractivity contribution in [3.8, 4) is 0 Å². The molecule has 2 atom stereocenters. The Morgan fingerprint density at radius 1 is 1.33 bits per heavy atom. The van der Waals surface area contributed by atoms with Gasteiger partial charge in [-0.05, 0) is 0 Å². The lowest BCUT2D eigenvalue weighted by molar-refractivity contribution is -0.148. The van der Waals surface area contributed by atoms with Crippen molar-refractivity contribution in [1.29, 1.82) is 0 Å². The Morgan fingerprint density at radius 3 is 2.17 bits per heavy atom. The average Bonchev–Trinajstić information content (AvgIpc) is 1.98. The molecule has 12 heavy (non-hydrogen) atoms. The number of hydrogen-bond acceptors (Lipinski definition) is 3. The highest BCUT2D eigenvalue weighted by molar-refractivity contribution is 5.80. The summed E-state index contributed by atoms with van der Waals surface area (Å²) >= 11 is 0. The van der Waals surface area contributed by atoms with Crippen molar-refractivity contribution >= 4 is 11.9 Å². The summed E-state index contributed by atoms with van der Waals surface area (Å²) in [5.41, 5.74) is 0. The molecule has 0 bridgehead atoms. The van der Waals surface area contributed by atoms with E-state index in [-0.39, 0.29) is 0 Å². The second-order valence-electron chi connectivity index (χ2n) is 2.34. The van der Waals surface area contributed by atoms with Gasteiger partial charge in [-0.15, -0.1) is 0 Å². The summed E-state index contributed by atoms with van der Waals surface area (Å²) in [6, 6.07) is 0. The standard InChI is InChI=1S/C7H10O5/c1-4(2-3-5(8)9)6(10)7(11)12/h2-4,6,10H,1H3,(H,8,9)(H,11,12)/t4-,6-/m1/s1. The molecule has 0 aliphatic carbocycles. The Kier molecular flexibility index (Phi) is 3.99. The van der Waals surface area contributed by atoms with Gasteiger partial charge in [0.25, 0.3) is 0 Å². The third-order valence-electron chi connectivity index (χ3n) is 1.29. The van der Waals surface area contributed by atoms with Gasteiger partial charge in [-0.25, -0.2) is 9.59 Å². The highest BCUT2D eigenvalue weighted by atomic mass is 16.4. The van der Waals surface area contributed by atoms with Gasteiger partial charge in [-0.2, -0.15) is 0 Å². The van der Waals surface area contributed by atoms with Crippen LogP contribution in [-0.4, -0.2) is 33.4 Å². The molecule has 0 aliphatic heterocycles. The van der Waals surface area contributed by atoms with Crippen molar-refractivity contribution in [3.63, 3.8) is 0 Å². The lowest BCUT2D eigenvalue weighted by atomic mass is 10.1. The summed E-state index contributed by atoms with van der Waals surface area (Å²) in [6.07, 6.45) is 0.374. The first-order valence-electron chi connectivity index (χ1n) is 3.27. The van der Waals surface area contributed by atoms with E-state index in [4.69, 9.17) is 15.3 Å². The Balaban J connectivity index is 4.12. The van der Waals surface area contributed by atoms with Gasteiger partial charge in [0.2, 0.25) is 0 Å². The summed E-state index contributed by atoms with van der Waals surface area (Å²) in [7, 11) is 0. The van der Waals surface area contributed by atoms with Crippen LogP contribution in [0.4, 0.5) is 0 Å². The SMILES string of the molecule is C[C@H](C=CC(=O)O)[C@@H](O)C(=O)O. The van der Waals surface area contributed by atoms with Gasteiger partial charge in [0.15, 0.2) is 6.10 Å². The van der Waals surface area contributed by atoms with E-state index in [2.05, 4.69) is 0 Å². The minimum absolute atomic E-state index is 0.710. The second kappa shape index (κ2) is 4.50. The minimum atomic E-state index is -1.56. The van der Waals surface area contributed by atoms with Gasteiger partial charge in [0.1, 0.15) is 0 Å². The van der Waals surface area contributed by atoms with Crippen molar-refractivity contribution < 1.29 is 24.9 Å². The van der Waals surface area contributed by atoms with Crippen LogP contribution < -0.4 is 0 Å². The third-order valence-corrected chi connectivity index (χ3v) is 1.29. The van der Waals surface area contributed by atoms with Crippen LogP contribution in [0.15, 0.2) is 12.2 Å². The van der Waals surface area contributed by atoms with Crippen LogP contribution in [0.1, 0.15) is 6.92 Å². The van der Waals surface area contributed by atoms with E-state index in [1.165, 1.54) is 6.92 Å². The van der Waals surface area contributed by atoms with Gasteiger partial charge in [0.05, 0.1) is 0 Å². The van der Waals surface area contributed by atoms with Crippen molar-refractivity contribution in [2.45, 2.75) is 13.0 Å². The monoisotopic (exact) mass is 174 g/mol. The van der Waals surface area contributed by atoms with Crippen LogP contribution in [0.3, 0.4) is 0 Å². The maximum absolute atomic E-state index is 10.2. The predicted molar refractivity (Wildman–Crippen MR) is 39.6 cm³/mol. The molecule has 0 aromatic rings. The molecule has 3 N–H and O–H groups in total. The van der Waals surface area contributed by atoms with Crippen LogP contribution in [0.2, 0.25) is 0 Å². The van der Waals surface area contributed by atoms with Gasteiger partial charge in [-0.1, -0.05) is 13.0 Å². The number of carboxylic acid groups (broad SMARTS) is 2. The van der Waals surface area contributed by atoms with Gasteiger partial charge < -0.3 is 15.3 Å². The average molecular weight is 174 g/mol. The molecule has 0 aliphatic rings. The third kappa shape index (κ3) is 3.72. The van der Waals surface area contributed by atoms with Crippen molar-refractivity contribution in [1.82, 2.24) is 0 Å². The smallest absolute Gasteiger partial charge is 0.333 e. The summed E-state index contributed by atoms with van der Waals surface area (Å²) < 4.78 is 0. The Bertz CT molecular complexity index is 208. The van der Waals surface area contributed by atoms with Crippen LogP contribution in [0, 0.1) is 5.92 Å². The van der Waals surface area contributed by atoms with E-state index in [0.717, 1.165) is 12.2 Å². The highest BCUT2D eigenvalue weighted by Crippen LogP contribution is 2.04. The topological polar surface area (TPSA) is 94.8 Å². The Labute approximate surface area is 68.9 Å². The number of rotatable bonds is 4. The first kappa shape index (κ1) is 10.6. The normalized spacial score (nSPS) is 15.8. The molecule has 68 valence electrons. The highest BCUT2D eigenvalue weighted by Gasteiger charge is 2.18. The first-order valence-corrected chi connectivity index (χ1v) is 3.27. The molecule has 5 heteroatoms. The van der Waals surface area contributed by atoms with E-state index in [1.807, 2.05) is 0 Å². The molecule has 0 amide bonds. The lowest BCUT2D eigenvalue weighted by Gasteiger charge is -2.08. The van der Waals surface area contributed by atoms with Crippen LogP contribution >= 0.6 is 0 Å². The zero-order chi connectivity index (χ0) is 9.72. The fourth-order valence-corrected chi connectivity index (χ4v) is 0.564. The van der Waals surface area contributed by atoms with E-state index in [0.29, 0.717) is 0 Å². The number of carbonyl (C=O) groups is 2. The van der Waals surface area contributed by atoms with E-state index in [1.54, 1.807) is 0 Å². The largest absolute Gasteiger partial charge is 0.479 e. The van der Waals surface area contributed by atoms with E-state index < -0.39 is 24.0 Å². The number of carboxylic acids is 2. The molecule has 0 heterocycles. The summed E-state index contributed by atoms with van der Waals surface area (Å²) in [5.74, 6) is -3.24. The second-order valence-corrected chi connectivity index (χ2v) is 2.34. The maximum Gasteiger partial charge on any atom is 0.333 e. The van der Waals surface area contributed by atoms with Gasteiger partial charge in [0, 0.05) is 12.0 Å². The molecule has 0 aromatic heterocycles. The molecule has 0 unspecified atom stereocenters. The van der Waals surface area contributed by atoms with Gasteiger partial charge >= 0.3 is 11.9 Å². The van der Waals surface area contributed by atoms with Crippen LogP contribution in [0.5, 0.6) is 0 Å². The molecule has 0 saturated heterocycles. The van der Waals surface area contributed by atoms with E-state index in [9.17, 15) is 9.59 Å². The fraction of sp³-hybridized carbons (Fsp3) is 0.429. The summed E-state index contributed by atoms with van der Waals surface area (Å²) in [6.45, 7) is 1.41. The molecule has 0 spiro atoms. The van der Waals surface area contributed by atoms with Crippen LogP contribution in [-0.2, 0) is 9.59 Å². The predicted octanol–water partition coefficient (Wildman–Crippen LogP) is -0.291. The molecule has 0 aromatic carbocycles. The van der Waals surface area contributed by atoms with Gasteiger partial charge in [-0.3, -0.25) is 0 Å². The lowest BCUT2D eigenvalue weighted by Crippen LogP contribution is -2.26. The zero-order valence-electron chi connectivity index (χ0n) is 6.47. The number of hydrogen-bond donors (Lipinski definition) is 3. The molecule has 0 saturated carbocycles. The number of aliphatic hydroxyl groups is 1. The molecular formula is C7H10O5. The molecule has 0 radical (unpaired) electrons. The molecule has 5 nitrogen and oxygen atoms in total. The number of aliphatic carboxylic acids is 2. The molecule has 0 rings (SSSR count). The summed E-state index contributed by atoms with van der Waals surface area (Å²) in [5, 5.41) is 25.3. The van der Waals surface area contributed by atoms with Crippen LogP contribution in [0.25, 0.3) is 0 Å². The summed E-state index contributed by atoms with van der Waals surface area (Å²) in [4.78, 5) is 20.1. The molecule has 0 fully saturated rings. The zero-order valence-corrected chi connectivity index (χ0v) is 6.47. The fourth-order valence-electron chi connectivity index (χ4n) is 0.564. The Morgan fingerprint density at radius 2 is 1.83 bits per heavy atom. The number of aliphatic hydroxyl groups excluding tert-OH is 1. The molecular weight excluding hydrogens is 164 g/mol. The van der Waals surface area contributed by atoms with Crippen molar-refractivity contribution in [2.75, 3.05) is 0 Å². The quantitative estimate of drug-likeness (QED) is 0.509. The minimum Gasteiger partial charge on any atom is -0.479 e. The van der Waals surface area contributed by atoms with Crippen molar-refractivity contribution in [2.24, 2.45) is 5.92 Å². The maximum atomic E-state index is 10.2. The van der Waals surface area contributed by atoms with Crippen molar-refractivity contribution in [3.05, 3.63) is 12.2 Å². The Hall–Kier alpha value is -1.36.